The zero-order valence-corrected chi connectivity index (χ0v) is 11.3. The molecule has 0 saturated heterocycles. The van der Waals surface area contributed by atoms with Crippen LogP contribution in [0.5, 0.6) is 0 Å². The Morgan fingerprint density at radius 2 is 1.41 bits per heavy atom. The minimum absolute atomic E-state index is 0.0248. The maximum absolute atomic E-state index is 11.6. The van der Waals surface area contributed by atoms with Crippen LogP contribution in [0.3, 0.4) is 0 Å². The maximum atomic E-state index is 11.6. The quantitative estimate of drug-likeness (QED) is 0.520. The minimum atomic E-state index is 0.0248. The van der Waals surface area contributed by atoms with Gasteiger partial charge in [-0.25, -0.2) is 0 Å². The van der Waals surface area contributed by atoms with E-state index in [0.29, 0.717) is 0 Å². The van der Waals surface area contributed by atoms with Gasteiger partial charge in [0.05, 0.1) is 0 Å². The first-order chi connectivity index (χ1) is 7.93. The summed E-state index contributed by atoms with van der Waals surface area (Å²) in [5.74, 6) is 0.0248. The topological polar surface area (TPSA) is 23.6 Å². The summed E-state index contributed by atoms with van der Waals surface area (Å²) in [4.78, 5) is 15.4. The van der Waals surface area contributed by atoms with Crippen molar-refractivity contribution in [2.45, 2.75) is 6.92 Å². The molecule has 0 aromatic carbocycles. The molecule has 0 aliphatic carbocycles. The molecule has 0 aliphatic heterocycles. The van der Waals surface area contributed by atoms with E-state index in [1.807, 2.05) is 75.5 Å². The second-order valence-electron chi connectivity index (χ2n) is 4.18. The van der Waals surface area contributed by atoms with Gasteiger partial charge < -0.3 is 9.80 Å². The van der Waals surface area contributed by atoms with Crippen LogP contribution in [0.15, 0.2) is 48.4 Å². The Labute approximate surface area is 104 Å². The van der Waals surface area contributed by atoms with E-state index in [9.17, 15) is 4.79 Å². The molecule has 0 rings (SSSR count). The molecule has 0 bridgehead atoms. The zero-order chi connectivity index (χ0) is 13.3. The molecular formula is C14H22N2O. The molecule has 0 radical (unpaired) electrons. The van der Waals surface area contributed by atoms with Crippen LogP contribution in [0.1, 0.15) is 6.92 Å². The number of nitrogens with zero attached hydrogens (tertiary/aromatic N) is 2. The van der Waals surface area contributed by atoms with Crippen LogP contribution in [0.2, 0.25) is 0 Å². The van der Waals surface area contributed by atoms with Gasteiger partial charge >= 0.3 is 0 Å². The van der Waals surface area contributed by atoms with E-state index >= 15 is 0 Å². The molecule has 0 fully saturated rings. The average molecular weight is 234 g/mol. The lowest BCUT2D eigenvalue weighted by Crippen LogP contribution is -2.00. The highest BCUT2D eigenvalue weighted by molar-refractivity contribution is 6.03. The van der Waals surface area contributed by atoms with Gasteiger partial charge in [0.25, 0.3) is 0 Å². The Balaban J connectivity index is 4.32. The summed E-state index contributed by atoms with van der Waals surface area (Å²) in [7, 11) is 7.74. The van der Waals surface area contributed by atoms with Gasteiger partial charge in [-0.15, -0.1) is 0 Å². The molecule has 94 valence electrons. The van der Waals surface area contributed by atoms with Gasteiger partial charge in [0, 0.05) is 28.2 Å². The van der Waals surface area contributed by atoms with Gasteiger partial charge in [-0.2, -0.15) is 0 Å². The predicted octanol–water partition coefficient (Wildman–Crippen LogP) is 2.21. The number of ketones is 1. The van der Waals surface area contributed by atoms with Crippen LogP contribution in [-0.4, -0.2) is 43.8 Å². The van der Waals surface area contributed by atoms with Gasteiger partial charge in [-0.3, -0.25) is 4.79 Å². The Morgan fingerprint density at radius 1 is 0.882 bits per heavy atom. The SMILES string of the molecule is CC(=CC=CN(C)C)C(=O)C=CC=CN(C)C. The Bertz CT molecular complexity index is 347. The summed E-state index contributed by atoms with van der Waals surface area (Å²) >= 11 is 0. The highest BCUT2D eigenvalue weighted by Crippen LogP contribution is 1.97. The molecule has 0 saturated carbocycles. The van der Waals surface area contributed by atoms with E-state index in [0.717, 1.165) is 5.57 Å². The summed E-state index contributed by atoms with van der Waals surface area (Å²) in [6.45, 7) is 1.81. The number of allylic oxidation sites excluding steroid dienone is 6. The van der Waals surface area contributed by atoms with E-state index in [-0.39, 0.29) is 5.78 Å². The van der Waals surface area contributed by atoms with E-state index in [4.69, 9.17) is 0 Å². The minimum Gasteiger partial charge on any atom is -0.383 e. The first-order valence-corrected chi connectivity index (χ1v) is 5.50. The Kier molecular flexibility index (Phi) is 7.52. The summed E-state index contributed by atoms with van der Waals surface area (Å²) in [5, 5.41) is 0. The van der Waals surface area contributed by atoms with E-state index < -0.39 is 0 Å². The van der Waals surface area contributed by atoms with Crippen molar-refractivity contribution in [1.82, 2.24) is 9.80 Å². The van der Waals surface area contributed by atoms with Crippen molar-refractivity contribution in [2.24, 2.45) is 0 Å². The first-order valence-electron chi connectivity index (χ1n) is 5.50. The van der Waals surface area contributed by atoms with Crippen molar-refractivity contribution >= 4 is 5.78 Å². The molecule has 0 aromatic rings. The summed E-state index contributed by atoms with van der Waals surface area (Å²) in [5.41, 5.74) is 0.720. The van der Waals surface area contributed by atoms with Crippen molar-refractivity contribution < 1.29 is 4.79 Å². The fourth-order valence-corrected chi connectivity index (χ4v) is 0.938. The second kappa shape index (κ2) is 8.39. The van der Waals surface area contributed by atoms with Crippen LogP contribution in [0.25, 0.3) is 0 Å². The van der Waals surface area contributed by atoms with Crippen molar-refractivity contribution in [3.8, 4) is 0 Å². The molecule has 3 heteroatoms. The summed E-state index contributed by atoms with van der Waals surface area (Å²) < 4.78 is 0. The highest BCUT2D eigenvalue weighted by atomic mass is 16.1. The van der Waals surface area contributed by atoms with Crippen molar-refractivity contribution in [2.75, 3.05) is 28.2 Å². The van der Waals surface area contributed by atoms with Gasteiger partial charge in [-0.1, -0.05) is 12.2 Å². The molecule has 0 spiro atoms. The van der Waals surface area contributed by atoms with E-state index in [1.54, 1.807) is 12.2 Å². The molecule has 0 aliphatic rings. The van der Waals surface area contributed by atoms with Gasteiger partial charge in [0.15, 0.2) is 5.78 Å². The third kappa shape index (κ3) is 9.18. The normalized spacial score (nSPS) is 12.9. The molecule has 0 heterocycles. The molecule has 0 unspecified atom stereocenters. The van der Waals surface area contributed by atoms with Crippen molar-refractivity contribution in [3.63, 3.8) is 0 Å². The number of carbonyl (C=O) groups is 1. The van der Waals surface area contributed by atoms with Gasteiger partial charge in [0.1, 0.15) is 0 Å². The van der Waals surface area contributed by atoms with Crippen LogP contribution in [0, 0.1) is 0 Å². The molecule has 0 aromatic heterocycles. The molecule has 0 atom stereocenters. The lowest BCUT2D eigenvalue weighted by atomic mass is 10.1. The van der Waals surface area contributed by atoms with Crippen molar-refractivity contribution in [3.05, 3.63) is 48.4 Å². The van der Waals surface area contributed by atoms with E-state index in [2.05, 4.69) is 0 Å². The summed E-state index contributed by atoms with van der Waals surface area (Å²) in [6, 6.07) is 0. The smallest absolute Gasteiger partial charge is 0.181 e. The first kappa shape index (κ1) is 15.2. The molecule has 3 nitrogen and oxygen atoms in total. The van der Waals surface area contributed by atoms with Crippen LogP contribution in [-0.2, 0) is 4.79 Å². The standard InChI is InChI=1S/C14H22N2O/c1-13(9-8-12-16(4)5)14(17)10-6-7-11-15(2)3/h6-12H,1-5H3. The molecular weight excluding hydrogens is 212 g/mol. The van der Waals surface area contributed by atoms with Crippen LogP contribution in [0.4, 0.5) is 0 Å². The Morgan fingerprint density at radius 3 is 1.94 bits per heavy atom. The fourth-order valence-electron chi connectivity index (χ4n) is 0.938. The molecule has 0 N–H and O–H groups in total. The molecule has 17 heavy (non-hydrogen) atoms. The fraction of sp³-hybridized carbons (Fsp3) is 0.357. The lowest BCUT2D eigenvalue weighted by Gasteiger charge is -2.01. The van der Waals surface area contributed by atoms with Gasteiger partial charge in [-0.05, 0) is 43.1 Å². The lowest BCUT2D eigenvalue weighted by molar-refractivity contribution is -0.111. The van der Waals surface area contributed by atoms with Crippen LogP contribution >= 0.6 is 0 Å². The average Bonchev–Trinajstić information content (AvgIpc) is 2.23. The third-order valence-electron chi connectivity index (χ3n) is 1.86. The number of hydrogen-bond acceptors (Lipinski definition) is 3. The summed E-state index contributed by atoms with van der Waals surface area (Å²) in [6.07, 6.45) is 12.6. The zero-order valence-electron chi connectivity index (χ0n) is 11.3. The Hall–Kier alpha value is -1.77. The molecule has 0 amide bonds. The van der Waals surface area contributed by atoms with Crippen LogP contribution < -0.4 is 0 Å². The number of rotatable bonds is 6. The third-order valence-corrected chi connectivity index (χ3v) is 1.86. The van der Waals surface area contributed by atoms with Gasteiger partial charge in [0.2, 0.25) is 0 Å². The van der Waals surface area contributed by atoms with Crippen molar-refractivity contribution in [1.29, 1.82) is 0 Å². The number of carbonyl (C=O) groups excluding carboxylic acids is 1. The largest absolute Gasteiger partial charge is 0.383 e. The maximum Gasteiger partial charge on any atom is 0.181 e. The number of hydrogen-bond donors (Lipinski definition) is 0. The van der Waals surface area contributed by atoms with E-state index in [1.165, 1.54) is 0 Å². The monoisotopic (exact) mass is 234 g/mol. The predicted molar refractivity (Wildman–Crippen MR) is 73.6 cm³/mol. The second-order valence-corrected chi connectivity index (χ2v) is 4.18. The highest BCUT2D eigenvalue weighted by Gasteiger charge is 1.96.